The number of nitrogens with one attached hydrogen (secondary N) is 1. The number of ether oxygens (including phenoxy) is 1. The van der Waals surface area contributed by atoms with E-state index < -0.39 is 25.9 Å². The lowest BCUT2D eigenvalue weighted by atomic mass is 10.0. The van der Waals surface area contributed by atoms with Gasteiger partial charge in [-0.1, -0.05) is 25.7 Å². The summed E-state index contributed by atoms with van der Waals surface area (Å²) in [5.74, 6) is 0. The van der Waals surface area contributed by atoms with Gasteiger partial charge in [0.2, 0.25) is 5.28 Å². The van der Waals surface area contributed by atoms with E-state index in [1.807, 2.05) is 6.07 Å². The zero-order chi connectivity index (χ0) is 22.1. The molecule has 1 atom stereocenters. The van der Waals surface area contributed by atoms with Gasteiger partial charge in [-0.3, -0.25) is 0 Å². The van der Waals surface area contributed by atoms with Crippen LogP contribution < -0.4 is 0 Å². The number of rotatable bonds is 6. The van der Waals surface area contributed by atoms with Crippen LogP contribution in [0.5, 0.6) is 0 Å². The smallest absolute Gasteiger partial charge is 0.367 e. The molecule has 3 aromatic rings. The van der Waals surface area contributed by atoms with Crippen LogP contribution in [0.1, 0.15) is 28.5 Å². The Morgan fingerprint density at radius 2 is 2.03 bits per heavy atom. The second kappa shape index (κ2) is 8.38. The summed E-state index contributed by atoms with van der Waals surface area (Å²) < 4.78 is 47.1. The summed E-state index contributed by atoms with van der Waals surface area (Å²) in [6, 6.07) is 7.74. The number of hydrogen-bond donors (Lipinski definition) is 1. The minimum atomic E-state index is -4.67. The lowest BCUT2D eigenvalue weighted by molar-refractivity contribution is -0.139. The fourth-order valence-corrected chi connectivity index (χ4v) is 3.89. The quantitative estimate of drug-likeness (QED) is 0.370. The summed E-state index contributed by atoms with van der Waals surface area (Å²) >= 11 is 5.85. The summed E-state index contributed by atoms with van der Waals surface area (Å²) in [5.41, 5.74) is 0.228. The van der Waals surface area contributed by atoms with Gasteiger partial charge in [-0.05, 0) is 29.8 Å². The van der Waals surface area contributed by atoms with Crippen molar-refractivity contribution >= 4 is 30.6 Å². The molecular weight excluding hydrogens is 433 g/mol. The van der Waals surface area contributed by atoms with E-state index in [4.69, 9.17) is 21.6 Å². The lowest BCUT2D eigenvalue weighted by Crippen LogP contribution is -2.24. The summed E-state index contributed by atoms with van der Waals surface area (Å²) in [5, 5.41) is 9.46. The van der Waals surface area contributed by atoms with Crippen LogP contribution >= 0.6 is 11.6 Å². The van der Waals surface area contributed by atoms with E-state index >= 15 is 0 Å². The summed E-state index contributed by atoms with van der Waals surface area (Å²) in [4.78, 5) is 10.4. The van der Waals surface area contributed by atoms with Crippen LogP contribution in [-0.2, 0) is 10.9 Å². The van der Waals surface area contributed by atoms with Crippen LogP contribution in [0.3, 0.4) is 0 Å². The molecule has 5 nitrogen and oxygen atoms in total. The zero-order valence-corrected chi connectivity index (χ0v) is 18.4. The van der Waals surface area contributed by atoms with E-state index in [0.717, 1.165) is 6.04 Å². The van der Waals surface area contributed by atoms with Crippen LogP contribution in [0.4, 0.5) is 13.2 Å². The molecule has 0 bridgehead atoms. The second-order valence-corrected chi connectivity index (χ2v) is 14.1. The van der Waals surface area contributed by atoms with Gasteiger partial charge in [-0.15, -0.1) is 0 Å². The van der Waals surface area contributed by atoms with E-state index in [9.17, 15) is 13.2 Å². The Morgan fingerprint density at radius 3 is 2.67 bits per heavy atom. The SMILES string of the molecule is C[Si](C)(C)CCOC(c1nc(Cl)ncc1C(F)(F)F)c1c[nH]c2cc(C#N)ccc12. The first-order valence-corrected chi connectivity index (χ1v) is 13.3. The first kappa shape index (κ1) is 22.3. The maximum Gasteiger partial charge on any atom is 0.419 e. The molecule has 0 saturated carbocycles. The predicted octanol–water partition coefficient (Wildman–Crippen LogP) is 5.95. The fraction of sp³-hybridized carbons (Fsp3) is 0.350. The number of nitriles is 1. The molecule has 0 aliphatic rings. The molecule has 0 aliphatic heterocycles. The van der Waals surface area contributed by atoms with Crippen molar-refractivity contribution in [3.63, 3.8) is 0 Å². The maximum atomic E-state index is 13.7. The van der Waals surface area contributed by atoms with Crippen molar-refractivity contribution in [3.8, 4) is 6.07 Å². The summed E-state index contributed by atoms with van der Waals surface area (Å²) in [6.07, 6.45) is -3.50. The number of aromatic nitrogens is 3. The molecule has 2 aromatic heterocycles. The van der Waals surface area contributed by atoms with Gasteiger partial charge in [0.05, 0.1) is 22.9 Å². The van der Waals surface area contributed by atoms with Gasteiger partial charge in [-0.2, -0.15) is 18.4 Å². The monoisotopic (exact) mass is 452 g/mol. The Kier molecular flexibility index (Phi) is 6.22. The molecule has 0 spiro atoms. The molecule has 30 heavy (non-hydrogen) atoms. The van der Waals surface area contributed by atoms with Crippen molar-refractivity contribution in [1.82, 2.24) is 15.0 Å². The lowest BCUT2D eigenvalue weighted by Gasteiger charge is -2.23. The number of halogens is 4. The third kappa shape index (κ3) is 5.01. The molecule has 0 amide bonds. The molecule has 2 heterocycles. The van der Waals surface area contributed by atoms with E-state index in [1.165, 1.54) is 0 Å². The Morgan fingerprint density at radius 1 is 1.30 bits per heavy atom. The van der Waals surface area contributed by atoms with Crippen molar-refractivity contribution in [1.29, 1.82) is 5.26 Å². The van der Waals surface area contributed by atoms with E-state index in [2.05, 4.69) is 34.6 Å². The van der Waals surface area contributed by atoms with Crippen molar-refractivity contribution in [2.45, 2.75) is 38.0 Å². The van der Waals surface area contributed by atoms with Crippen LogP contribution in [0.25, 0.3) is 10.9 Å². The zero-order valence-electron chi connectivity index (χ0n) is 16.6. The molecule has 1 N–H and O–H groups in total. The fourth-order valence-electron chi connectivity index (χ4n) is 3.02. The molecule has 10 heteroatoms. The first-order valence-electron chi connectivity index (χ1n) is 9.22. The molecule has 1 aromatic carbocycles. The highest BCUT2D eigenvalue weighted by atomic mass is 35.5. The molecule has 3 rings (SSSR count). The minimum Gasteiger partial charge on any atom is -0.367 e. The van der Waals surface area contributed by atoms with E-state index in [-0.39, 0.29) is 17.6 Å². The van der Waals surface area contributed by atoms with Gasteiger partial charge < -0.3 is 9.72 Å². The van der Waals surface area contributed by atoms with Gasteiger partial charge in [-0.25, -0.2) is 9.97 Å². The topological polar surface area (TPSA) is 74.6 Å². The Bertz CT molecular complexity index is 1100. The largest absolute Gasteiger partial charge is 0.419 e. The van der Waals surface area contributed by atoms with Crippen molar-refractivity contribution < 1.29 is 17.9 Å². The van der Waals surface area contributed by atoms with Gasteiger partial charge >= 0.3 is 6.18 Å². The highest BCUT2D eigenvalue weighted by Crippen LogP contribution is 2.39. The van der Waals surface area contributed by atoms with Crippen molar-refractivity contribution in [3.05, 3.63) is 58.3 Å². The first-order chi connectivity index (χ1) is 14.0. The average molecular weight is 453 g/mol. The van der Waals surface area contributed by atoms with E-state index in [0.29, 0.717) is 28.2 Å². The van der Waals surface area contributed by atoms with Gasteiger partial charge in [0.25, 0.3) is 0 Å². The molecule has 158 valence electrons. The van der Waals surface area contributed by atoms with Gasteiger partial charge in [0, 0.05) is 43.5 Å². The minimum absolute atomic E-state index is 0.280. The number of alkyl halides is 3. The van der Waals surface area contributed by atoms with Crippen LogP contribution in [-0.4, -0.2) is 29.6 Å². The number of H-pyrrole nitrogens is 1. The number of hydrogen-bond acceptors (Lipinski definition) is 4. The molecule has 0 fully saturated rings. The molecule has 0 saturated heterocycles. The van der Waals surface area contributed by atoms with Gasteiger partial charge in [0.1, 0.15) is 6.10 Å². The highest BCUT2D eigenvalue weighted by molar-refractivity contribution is 6.76. The average Bonchev–Trinajstić information content (AvgIpc) is 3.06. The van der Waals surface area contributed by atoms with Crippen LogP contribution in [0.2, 0.25) is 31.0 Å². The van der Waals surface area contributed by atoms with Gasteiger partial charge in [0.15, 0.2) is 0 Å². The predicted molar refractivity (Wildman–Crippen MR) is 111 cm³/mol. The standard InChI is InChI=1S/C20H20ClF3N4OSi/c1-30(2,3)7-6-29-18(17-15(20(22,23)24)11-27-19(21)28-17)14-10-26-16-8-12(9-25)4-5-13(14)16/h4-5,8,10-11,18,26H,6-7H2,1-3H3. The van der Waals surface area contributed by atoms with Crippen molar-refractivity contribution in [2.24, 2.45) is 0 Å². The molecular formula is C20H20ClF3N4OSi. The highest BCUT2D eigenvalue weighted by Gasteiger charge is 2.38. The van der Waals surface area contributed by atoms with E-state index in [1.54, 1.807) is 24.4 Å². The molecule has 1 unspecified atom stereocenters. The maximum absolute atomic E-state index is 13.7. The third-order valence-electron chi connectivity index (χ3n) is 4.60. The Balaban J connectivity index is 2.13. The third-order valence-corrected chi connectivity index (χ3v) is 6.49. The Hall–Kier alpha value is -2.41. The molecule has 0 radical (unpaired) electrons. The number of fused-ring (bicyclic) bond motifs is 1. The number of nitrogens with zero attached hydrogens (tertiary/aromatic N) is 3. The van der Waals surface area contributed by atoms with Crippen LogP contribution in [0, 0.1) is 11.3 Å². The number of benzene rings is 1. The summed E-state index contributed by atoms with van der Waals surface area (Å²) in [6.45, 7) is 6.75. The number of aromatic amines is 1. The Labute approximate surface area is 177 Å². The molecule has 0 aliphatic carbocycles. The second-order valence-electron chi connectivity index (χ2n) is 8.11. The van der Waals surface area contributed by atoms with Crippen LogP contribution in [0.15, 0.2) is 30.6 Å². The summed E-state index contributed by atoms with van der Waals surface area (Å²) in [7, 11) is -1.49. The van der Waals surface area contributed by atoms with Crippen molar-refractivity contribution in [2.75, 3.05) is 6.61 Å². The normalized spacial score (nSPS) is 13.4.